The van der Waals surface area contributed by atoms with Crippen LogP contribution in [0.5, 0.6) is 0 Å². The summed E-state index contributed by atoms with van der Waals surface area (Å²) in [6.45, 7) is 0.198. The van der Waals surface area contributed by atoms with Gasteiger partial charge < -0.3 is 0 Å². The van der Waals surface area contributed by atoms with E-state index in [0.717, 1.165) is 16.1 Å². The fourth-order valence-electron chi connectivity index (χ4n) is 3.30. The SMILES string of the molecule is O=C(NS(=O)(=O)c1ccc(Cl)cc1)N1C[C@@H](c2ccccc2)C(c2ccc(Cl)cc2)=N1. The summed E-state index contributed by atoms with van der Waals surface area (Å²) in [7, 11) is -4.07. The highest BCUT2D eigenvalue weighted by Crippen LogP contribution is 2.29. The molecule has 158 valence electrons. The van der Waals surface area contributed by atoms with E-state index in [0.29, 0.717) is 15.8 Å². The van der Waals surface area contributed by atoms with Crippen molar-refractivity contribution in [3.63, 3.8) is 0 Å². The molecule has 9 heteroatoms. The maximum Gasteiger partial charge on any atom is 0.351 e. The van der Waals surface area contributed by atoms with Gasteiger partial charge in [0.15, 0.2) is 0 Å². The summed E-state index contributed by atoms with van der Waals surface area (Å²) in [6, 6.07) is 21.5. The van der Waals surface area contributed by atoms with Crippen molar-refractivity contribution < 1.29 is 13.2 Å². The van der Waals surface area contributed by atoms with Crippen molar-refractivity contribution in [1.29, 1.82) is 0 Å². The van der Waals surface area contributed by atoms with Crippen LogP contribution >= 0.6 is 23.2 Å². The summed E-state index contributed by atoms with van der Waals surface area (Å²) in [5.74, 6) is -0.216. The van der Waals surface area contributed by atoms with Crippen LogP contribution < -0.4 is 4.72 Å². The maximum absolute atomic E-state index is 12.8. The Hall–Kier alpha value is -2.87. The third-order valence-corrected chi connectivity index (χ3v) is 6.68. The van der Waals surface area contributed by atoms with Gasteiger partial charge in [-0.2, -0.15) is 5.10 Å². The van der Waals surface area contributed by atoms with Crippen molar-refractivity contribution in [1.82, 2.24) is 9.73 Å². The van der Waals surface area contributed by atoms with Crippen LogP contribution in [0.15, 0.2) is 88.9 Å². The number of carbonyl (C=O) groups excluding carboxylic acids is 1. The zero-order valence-electron chi connectivity index (χ0n) is 16.1. The van der Waals surface area contributed by atoms with Gasteiger partial charge in [0.1, 0.15) is 0 Å². The Balaban J connectivity index is 1.62. The first-order chi connectivity index (χ1) is 14.8. The van der Waals surface area contributed by atoms with E-state index >= 15 is 0 Å². The number of nitrogens with zero attached hydrogens (tertiary/aromatic N) is 2. The van der Waals surface area contributed by atoms with Crippen LogP contribution in [0.4, 0.5) is 4.79 Å². The third-order valence-electron chi connectivity index (χ3n) is 4.84. The van der Waals surface area contributed by atoms with E-state index in [9.17, 15) is 13.2 Å². The Bertz CT molecular complexity index is 1230. The molecule has 0 radical (unpaired) electrons. The van der Waals surface area contributed by atoms with Crippen molar-refractivity contribution in [3.8, 4) is 0 Å². The number of amides is 2. The van der Waals surface area contributed by atoms with Crippen molar-refractivity contribution in [3.05, 3.63) is 100 Å². The summed E-state index contributed by atoms with van der Waals surface area (Å²) in [5, 5.41) is 6.56. The molecule has 0 unspecified atom stereocenters. The maximum atomic E-state index is 12.8. The zero-order valence-corrected chi connectivity index (χ0v) is 18.4. The van der Waals surface area contributed by atoms with Crippen LogP contribution in [0.25, 0.3) is 0 Å². The molecule has 0 saturated heterocycles. The summed E-state index contributed by atoms with van der Waals surface area (Å²) in [6.07, 6.45) is 0. The van der Waals surface area contributed by atoms with Crippen LogP contribution in [-0.2, 0) is 10.0 Å². The lowest BCUT2D eigenvalue weighted by molar-refractivity contribution is 0.210. The number of hydrogen-bond acceptors (Lipinski definition) is 4. The zero-order chi connectivity index (χ0) is 22.0. The Labute approximate surface area is 190 Å². The average molecular weight is 474 g/mol. The van der Waals surface area contributed by atoms with Gasteiger partial charge in [-0.15, -0.1) is 0 Å². The molecule has 31 heavy (non-hydrogen) atoms. The summed E-state index contributed by atoms with van der Waals surface area (Å²) < 4.78 is 27.2. The van der Waals surface area contributed by atoms with Crippen molar-refractivity contribution in [2.24, 2.45) is 5.10 Å². The number of benzene rings is 3. The molecule has 0 fully saturated rings. The predicted molar refractivity (Wildman–Crippen MR) is 121 cm³/mol. The lowest BCUT2D eigenvalue weighted by Gasteiger charge is -2.16. The summed E-state index contributed by atoms with van der Waals surface area (Å²) in [5.41, 5.74) is 2.42. The molecule has 4 rings (SSSR count). The minimum atomic E-state index is -4.07. The van der Waals surface area contributed by atoms with Gasteiger partial charge in [-0.25, -0.2) is 22.9 Å². The number of rotatable bonds is 4. The smallest absolute Gasteiger partial charge is 0.246 e. The lowest BCUT2D eigenvalue weighted by Crippen LogP contribution is -2.39. The van der Waals surface area contributed by atoms with E-state index in [4.69, 9.17) is 23.2 Å². The topological polar surface area (TPSA) is 78.8 Å². The molecule has 1 heterocycles. The Morgan fingerprint density at radius 3 is 2.10 bits per heavy atom. The van der Waals surface area contributed by atoms with Gasteiger partial charge in [-0.05, 0) is 47.5 Å². The quantitative estimate of drug-likeness (QED) is 0.585. The first-order valence-corrected chi connectivity index (χ1v) is 11.6. The number of nitrogens with one attached hydrogen (secondary N) is 1. The van der Waals surface area contributed by atoms with Crippen LogP contribution in [0.2, 0.25) is 10.0 Å². The van der Waals surface area contributed by atoms with Crippen molar-refractivity contribution in [2.45, 2.75) is 10.8 Å². The second kappa shape index (κ2) is 8.70. The first kappa shape index (κ1) is 21.4. The third kappa shape index (κ3) is 4.74. The van der Waals surface area contributed by atoms with Gasteiger partial charge in [0.05, 0.1) is 17.2 Å². The molecule has 1 aliphatic heterocycles. The van der Waals surface area contributed by atoms with E-state index in [1.165, 1.54) is 24.3 Å². The van der Waals surface area contributed by atoms with Crippen LogP contribution in [-0.4, -0.2) is 31.7 Å². The fourth-order valence-corrected chi connectivity index (χ4v) is 4.50. The average Bonchev–Trinajstić information content (AvgIpc) is 3.21. The van der Waals surface area contributed by atoms with E-state index < -0.39 is 16.1 Å². The highest BCUT2D eigenvalue weighted by molar-refractivity contribution is 7.90. The number of halogens is 2. The van der Waals surface area contributed by atoms with Crippen LogP contribution in [0.1, 0.15) is 17.0 Å². The fraction of sp³-hybridized carbons (Fsp3) is 0.0909. The standard InChI is InChI=1S/C22H17Cl2N3O3S/c23-17-8-6-16(7-9-17)21-20(15-4-2-1-3-5-15)14-27(25-21)22(28)26-31(29,30)19-12-10-18(24)11-13-19/h1-13,20H,14H2,(H,26,28)/t20-/m0/s1. The van der Waals surface area contributed by atoms with Crippen molar-refractivity contribution >= 4 is 45.0 Å². The Morgan fingerprint density at radius 2 is 1.48 bits per heavy atom. The molecule has 0 spiro atoms. The molecule has 0 saturated carbocycles. The lowest BCUT2D eigenvalue weighted by atomic mass is 9.91. The molecule has 0 aromatic heterocycles. The second-order valence-corrected chi connectivity index (χ2v) is 9.46. The summed E-state index contributed by atoms with van der Waals surface area (Å²) >= 11 is 11.8. The predicted octanol–water partition coefficient (Wildman–Crippen LogP) is 4.90. The van der Waals surface area contributed by atoms with E-state index in [1.807, 2.05) is 42.5 Å². The number of urea groups is 1. The van der Waals surface area contributed by atoms with Gasteiger partial charge in [0, 0.05) is 16.0 Å². The molecule has 0 bridgehead atoms. The molecule has 3 aromatic carbocycles. The minimum Gasteiger partial charge on any atom is -0.246 e. The highest BCUT2D eigenvalue weighted by atomic mass is 35.5. The van der Waals surface area contributed by atoms with Crippen LogP contribution in [0, 0.1) is 0 Å². The minimum absolute atomic E-state index is 0.0639. The number of carbonyl (C=O) groups is 1. The van der Waals surface area contributed by atoms with Gasteiger partial charge in [0.2, 0.25) is 0 Å². The van der Waals surface area contributed by atoms with E-state index in [2.05, 4.69) is 9.82 Å². The molecule has 1 aliphatic rings. The van der Waals surface area contributed by atoms with E-state index in [1.54, 1.807) is 12.1 Å². The first-order valence-electron chi connectivity index (χ1n) is 9.33. The normalized spacial score (nSPS) is 16.1. The monoisotopic (exact) mass is 473 g/mol. The summed E-state index contributed by atoms with van der Waals surface area (Å²) in [4.78, 5) is 12.7. The van der Waals surface area contributed by atoms with Gasteiger partial charge >= 0.3 is 6.03 Å². The van der Waals surface area contributed by atoms with Gasteiger partial charge in [0.25, 0.3) is 10.0 Å². The van der Waals surface area contributed by atoms with Gasteiger partial charge in [-0.1, -0.05) is 65.7 Å². The molecule has 6 nitrogen and oxygen atoms in total. The highest BCUT2D eigenvalue weighted by Gasteiger charge is 2.33. The molecule has 1 N–H and O–H groups in total. The number of hydrogen-bond donors (Lipinski definition) is 1. The molecule has 1 atom stereocenters. The Morgan fingerprint density at radius 1 is 0.903 bits per heavy atom. The molecule has 2 amide bonds. The molecular formula is C22H17Cl2N3O3S. The van der Waals surface area contributed by atoms with Crippen LogP contribution in [0.3, 0.4) is 0 Å². The molecule has 0 aliphatic carbocycles. The number of hydrazone groups is 1. The molecular weight excluding hydrogens is 457 g/mol. The second-order valence-electron chi connectivity index (χ2n) is 6.90. The molecule has 3 aromatic rings. The van der Waals surface area contributed by atoms with Gasteiger partial charge in [-0.3, -0.25) is 0 Å². The van der Waals surface area contributed by atoms with Crippen molar-refractivity contribution in [2.75, 3.05) is 6.54 Å². The van der Waals surface area contributed by atoms with E-state index in [-0.39, 0.29) is 17.4 Å². The Kier molecular flexibility index (Phi) is 6.00. The largest absolute Gasteiger partial charge is 0.351 e. The number of sulfonamides is 1.